The second-order valence-corrected chi connectivity index (χ2v) is 4.54. The van der Waals surface area contributed by atoms with Crippen molar-refractivity contribution in [1.82, 2.24) is 5.32 Å². The van der Waals surface area contributed by atoms with Crippen molar-refractivity contribution in [1.29, 1.82) is 0 Å². The number of aliphatic carboxylic acids is 1. The van der Waals surface area contributed by atoms with Crippen LogP contribution in [0.2, 0.25) is 0 Å². The third-order valence-electron chi connectivity index (χ3n) is 2.87. The molecule has 0 aliphatic carbocycles. The zero-order valence-electron chi connectivity index (χ0n) is 11.1. The van der Waals surface area contributed by atoms with Crippen LogP contribution in [0.15, 0.2) is 24.3 Å². The maximum Gasteiger partial charge on any atom is 0.320 e. The number of carbonyl (C=O) groups is 1. The molecule has 0 fully saturated rings. The van der Waals surface area contributed by atoms with Gasteiger partial charge in [-0.05, 0) is 30.7 Å². The number of ether oxygens (including phenoxy) is 1. The first-order chi connectivity index (χ1) is 8.54. The van der Waals surface area contributed by atoms with Gasteiger partial charge in [-0.2, -0.15) is 0 Å². The van der Waals surface area contributed by atoms with Gasteiger partial charge in [-0.15, -0.1) is 0 Å². The molecule has 0 radical (unpaired) electrons. The van der Waals surface area contributed by atoms with E-state index in [1.165, 1.54) is 5.56 Å². The molecule has 4 heteroatoms. The summed E-state index contributed by atoms with van der Waals surface area (Å²) in [4.78, 5) is 10.8. The summed E-state index contributed by atoms with van der Waals surface area (Å²) in [5, 5.41) is 11.6. The second-order valence-electron chi connectivity index (χ2n) is 4.54. The number of carboxylic acids is 1. The van der Waals surface area contributed by atoms with Crippen molar-refractivity contribution in [3.05, 3.63) is 29.8 Å². The molecular weight excluding hydrogens is 230 g/mol. The van der Waals surface area contributed by atoms with Gasteiger partial charge in [0.05, 0.1) is 6.61 Å². The summed E-state index contributed by atoms with van der Waals surface area (Å²) in [7, 11) is 1.64. The quantitative estimate of drug-likeness (QED) is 0.780. The fraction of sp³-hybridized carbons (Fsp3) is 0.500. The first kappa shape index (κ1) is 14.5. The van der Waals surface area contributed by atoms with Crippen LogP contribution in [0.25, 0.3) is 0 Å². The summed E-state index contributed by atoms with van der Waals surface area (Å²) in [6.07, 6.45) is 0.442. The summed E-state index contributed by atoms with van der Waals surface area (Å²) in [5.74, 6) is 0.427. The van der Waals surface area contributed by atoms with Gasteiger partial charge in [0.25, 0.3) is 0 Å². The normalized spacial score (nSPS) is 12.4. The average molecular weight is 251 g/mol. The molecule has 1 aromatic rings. The summed E-state index contributed by atoms with van der Waals surface area (Å²) in [6, 6.07) is 7.36. The summed E-state index contributed by atoms with van der Waals surface area (Å²) in [6.45, 7) is 4.67. The van der Waals surface area contributed by atoms with E-state index in [4.69, 9.17) is 9.84 Å². The van der Waals surface area contributed by atoms with Crippen LogP contribution in [0.1, 0.15) is 31.7 Å². The molecule has 0 saturated heterocycles. The molecule has 0 amide bonds. The Labute approximate surface area is 108 Å². The fourth-order valence-corrected chi connectivity index (χ4v) is 1.63. The van der Waals surface area contributed by atoms with E-state index >= 15 is 0 Å². The van der Waals surface area contributed by atoms with Gasteiger partial charge in [0, 0.05) is 6.42 Å². The number of nitrogens with one attached hydrogen (secondary N) is 1. The van der Waals surface area contributed by atoms with Gasteiger partial charge in [0.2, 0.25) is 0 Å². The standard InChI is InChI=1S/C14H21NO3/c1-10(2)11-4-6-12(7-5-11)18-9-8-13(15-3)14(16)17/h4-7,10,13,15H,8-9H2,1-3H3,(H,16,17). The van der Waals surface area contributed by atoms with Gasteiger partial charge in [-0.3, -0.25) is 4.79 Å². The van der Waals surface area contributed by atoms with E-state index in [1.807, 2.05) is 24.3 Å². The predicted octanol–water partition coefficient (Wildman–Crippen LogP) is 2.25. The number of hydrogen-bond donors (Lipinski definition) is 2. The molecule has 0 bridgehead atoms. The molecule has 0 aromatic heterocycles. The zero-order chi connectivity index (χ0) is 13.5. The summed E-state index contributed by atoms with van der Waals surface area (Å²) >= 11 is 0. The molecule has 0 heterocycles. The van der Waals surface area contributed by atoms with Crippen LogP contribution in [0.3, 0.4) is 0 Å². The predicted molar refractivity (Wildman–Crippen MR) is 71.1 cm³/mol. The summed E-state index contributed by atoms with van der Waals surface area (Å²) in [5.41, 5.74) is 1.26. The largest absolute Gasteiger partial charge is 0.494 e. The number of carboxylic acid groups (broad SMARTS) is 1. The Morgan fingerprint density at radius 3 is 2.39 bits per heavy atom. The van der Waals surface area contributed by atoms with Crippen molar-refractivity contribution in [2.45, 2.75) is 32.2 Å². The van der Waals surface area contributed by atoms with Crippen LogP contribution in [0.5, 0.6) is 5.75 Å². The highest BCUT2D eigenvalue weighted by molar-refractivity contribution is 5.73. The average Bonchev–Trinajstić information content (AvgIpc) is 2.34. The lowest BCUT2D eigenvalue weighted by atomic mass is 10.0. The first-order valence-corrected chi connectivity index (χ1v) is 6.17. The maximum absolute atomic E-state index is 10.8. The van der Waals surface area contributed by atoms with Gasteiger partial charge in [-0.25, -0.2) is 0 Å². The lowest BCUT2D eigenvalue weighted by Gasteiger charge is -2.12. The van der Waals surface area contributed by atoms with E-state index < -0.39 is 12.0 Å². The van der Waals surface area contributed by atoms with E-state index in [1.54, 1.807) is 7.05 Å². The van der Waals surface area contributed by atoms with Gasteiger partial charge < -0.3 is 15.2 Å². The molecule has 18 heavy (non-hydrogen) atoms. The van der Waals surface area contributed by atoms with E-state index in [2.05, 4.69) is 19.2 Å². The number of benzene rings is 1. The zero-order valence-corrected chi connectivity index (χ0v) is 11.1. The number of rotatable bonds is 7. The highest BCUT2D eigenvalue weighted by Gasteiger charge is 2.14. The monoisotopic (exact) mass is 251 g/mol. The van der Waals surface area contributed by atoms with Crippen molar-refractivity contribution in [3.8, 4) is 5.75 Å². The van der Waals surface area contributed by atoms with Crippen LogP contribution < -0.4 is 10.1 Å². The molecule has 1 atom stereocenters. The van der Waals surface area contributed by atoms with Gasteiger partial charge in [0.15, 0.2) is 0 Å². The molecule has 1 rings (SSSR count). The van der Waals surface area contributed by atoms with Gasteiger partial charge in [-0.1, -0.05) is 26.0 Å². The summed E-state index contributed by atoms with van der Waals surface area (Å²) < 4.78 is 5.52. The molecule has 0 spiro atoms. The third kappa shape index (κ3) is 4.37. The van der Waals surface area contributed by atoms with Crippen molar-refractivity contribution in [2.24, 2.45) is 0 Å². The molecule has 0 aliphatic rings. The van der Waals surface area contributed by atoms with Crippen LogP contribution in [-0.4, -0.2) is 30.8 Å². The Balaban J connectivity index is 2.42. The highest BCUT2D eigenvalue weighted by atomic mass is 16.5. The van der Waals surface area contributed by atoms with Crippen LogP contribution in [-0.2, 0) is 4.79 Å². The molecule has 2 N–H and O–H groups in total. The Kier molecular flexibility index (Phi) is 5.65. The lowest BCUT2D eigenvalue weighted by molar-refractivity contribution is -0.139. The molecule has 0 saturated carbocycles. The SMILES string of the molecule is CNC(CCOc1ccc(C(C)C)cc1)C(=O)O. The molecule has 100 valence electrons. The van der Waals surface area contributed by atoms with Crippen molar-refractivity contribution in [2.75, 3.05) is 13.7 Å². The van der Waals surface area contributed by atoms with Crippen LogP contribution >= 0.6 is 0 Å². The smallest absolute Gasteiger partial charge is 0.320 e. The molecule has 1 unspecified atom stereocenters. The van der Waals surface area contributed by atoms with Crippen LogP contribution in [0.4, 0.5) is 0 Å². The van der Waals surface area contributed by atoms with Crippen molar-refractivity contribution in [3.63, 3.8) is 0 Å². The van der Waals surface area contributed by atoms with E-state index in [0.29, 0.717) is 18.9 Å². The van der Waals surface area contributed by atoms with Crippen molar-refractivity contribution < 1.29 is 14.6 Å². The molecular formula is C14H21NO3. The number of likely N-dealkylation sites (N-methyl/N-ethyl adjacent to an activating group) is 1. The molecule has 1 aromatic carbocycles. The van der Waals surface area contributed by atoms with E-state index in [9.17, 15) is 4.79 Å². The minimum absolute atomic E-state index is 0.388. The maximum atomic E-state index is 10.8. The van der Waals surface area contributed by atoms with E-state index in [-0.39, 0.29) is 0 Å². The lowest BCUT2D eigenvalue weighted by Crippen LogP contribution is -2.35. The van der Waals surface area contributed by atoms with Crippen LogP contribution in [0, 0.1) is 0 Å². The second kappa shape index (κ2) is 7.01. The fourth-order valence-electron chi connectivity index (χ4n) is 1.63. The minimum Gasteiger partial charge on any atom is -0.494 e. The van der Waals surface area contributed by atoms with Crippen molar-refractivity contribution >= 4 is 5.97 Å². The first-order valence-electron chi connectivity index (χ1n) is 6.17. The topological polar surface area (TPSA) is 58.6 Å². The third-order valence-corrected chi connectivity index (χ3v) is 2.87. The Morgan fingerprint density at radius 2 is 1.94 bits per heavy atom. The van der Waals surface area contributed by atoms with E-state index in [0.717, 1.165) is 5.75 Å². The minimum atomic E-state index is -0.851. The molecule has 4 nitrogen and oxygen atoms in total. The van der Waals surface area contributed by atoms with Gasteiger partial charge in [0.1, 0.15) is 11.8 Å². The highest BCUT2D eigenvalue weighted by Crippen LogP contribution is 2.18. The molecule has 0 aliphatic heterocycles. The Hall–Kier alpha value is -1.55. The Morgan fingerprint density at radius 1 is 1.33 bits per heavy atom. The Bertz CT molecular complexity index is 373. The van der Waals surface area contributed by atoms with Gasteiger partial charge >= 0.3 is 5.97 Å². The number of hydrogen-bond acceptors (Lipinski definition) is 3.